The molecule has 4 rings (SSSR count). The first kappa shape index (κ1) is 38.4. The topological polar surface area (TPSA) is 133 Å². The van der Waals surface area contributed by atoms with Gasteiger partial charge in [-0.05, 0) is 61.4 Å². The summed E-state index contributed by atoms with van der Waals surface area (Å²) in [4.78, 5) is 30.1. The number of ether oxygens (including phenoxy) is 5. The van der Waals surface area contributed by atoms with Gasteiger partial charge in [0.25, 0.3) is 10.0 Å². The van der Waals surface area contributed by atoms with Gasteiger partial charge in [0, 0.05) is 31.1 Å². The Kier molecular flexibility index (Phi) is 13.2. The van der Waals surface area contributed by atoms with Crippen LogP contribution < -0.4 is 33.3 Å². The van der Waals surface area contributed by atoms with Crippen LogP contribution in [0.15, 0.2) is 95.9 Å². The summed E-state index contributed by atoms with van der Waals surface area (Å²) in [5.74, 6) is 0.523. The van der Waals surface area contributed by atoms with E-state index in [4.69, 9.17) is 23.7 Å². The van der Waals surface area contributed by atoms with Gasteiger partial charge in [0.15, 0.2) is 11.5 Å². The van der Waals surface area contributed by atoms with Gasteiger partial charge in [-0.1, -0.05) is 42.5 Å². The molecule has 0 bridgehead atoms. The van der Waals surface area contributed by atoms with Gasteiger partial charge in [-0.3, -0.25) is 13.9 Å². The van der Waals surface area contributed by atoms with Crippen molar-refractivity contribution in [3.63, 3.8) is 0 Å². The minimum absolute atomic E-state index is 0.0292. The van der Waals surface area contributed by atoms with Crippen LogP contribution in [-0.4, -0.2) is 79.3 Å². The van der Waals surface area contributed by atoms with Crippen molar-refractivity contribution in [2.45, 2.75) is 43.8 Å². The van der Waals surface area contributed by atoms with E-state index < -0.39 is 34.4 Å². The van der Waals surface area contributed by atoms with Crippen LogP contribution in [0.5, 0.6) is 28.7 Å². The third kappa shape index (κ3) is 9.43. The van der Waals surface area contributed by atoms with Gasteiger partial charge in [-0.25, -0.2) is 8.42 Å². The minimum atomic E-state index is -4.51. The Labute approximate surface area is 299 Å². The number of methoxy groups -OCH3 is 5. The predicted octanol–water partition coefficient (Wildman–Crippen LogP) is 5.09. The summed E-state index contributed by atoms with van der Waals surface area (Å²) in [7, 11) is 2.71. The fourth-order valence-corrected chi connectivity index (χ4v) is 6.94. The molecule has 0 heterocycles. The summed E-state index contributed by atoms with van der Waals surface area (Å²) in [6.07, 6.45) is 0.167. The van der Waals surface area contributed by atoms with E-state index in [1.807, 2.05) is 50.2 Å². The van der Waals surface area contributed by atoms with Crippen LogP contribution in [0, 0.1) is 0 Å². The summed E-state index contributed by atoms with van der Waals surface area (Å²) in [6, 6.07) is 24.0. The fourth-order valence-electron chi connectivity index (χ4n) is 5.51. The quantitative estimate of drug-likeness (QED) is 0.159. The number of nitrogens with zero attached hydrogens (tertiary/aromatic N) is 2. The lowest BCUT2D eigenvalue weighted by molar-refractivity contribution is -0.140. The van der Waals surface area contributed by atoms with Crippen LogP contribution in [-0.2, 0) is 32.6 Å². The highest BCUT2D eigenvalue weighted by Gasteiger charge is 2.36. The molecule has 4 aromatic rings. The average molecular weight is 720 g/mol. The van der Waals surface area contributed by atoms with Gasteiger partial charge in [-0.2, -0.15) is 0 Å². The fraction of sp³-hybridized carbons (Fsp3) is 0.316. The summed E-state index contributed by atoms with van der Waals surface area (Å²) in [5.41, 5.74) is 1.54. The maximum absolute atomic E-state index is 14.9. The van der Waals surface area contributed by atoms with Gasteiger partial charge in [0.1, 0.15) is 29.8 Å². The van der Waals surface area contributed by atoms with Crippen molar-refractivity contribution >= 4 is 27.5 Å². The molecule has 0 radical (unpaired) electrons. The minimum Gasteiger partial charge on any atom is -0.497 e. The molecule has 1 unspecified atom stereocenters. The molecule has 0 aromatic heterocycles. The summed E-state index contributed by atoms with van der Waals surface area (Å²) >= 11 is 0. The number of benzene rings is 4. The summed E-state index contributed by atoms with van der Waals surface area (Å²) in [5, 5.41) is 2.95. The van der Waals surface area contributed by atoms with E-state index in [1.165, 1.54) is 64.7 Å². The number of nitrogens with one attached hydrogen (secondary N) is 1. The van der Waals surface area contributed by atoms with Crippen molar-refractivity contribution in [2.75, 3.05) is 46.4 Å². The number of amides is 2. The van der Waals surface area contributed by atoms with E-state index in [2.05, 4.69) is 5.32 Å². The average Bonchev–Trinajstić information content (AvgIpc) is 3.14. The van der Waals surface area contributed by atoms with Gasteiger partial charge in [0.05, 0.1) is 46.1 Å². The lowest BCUT2D eigenvalue weighted by Crippen LogP contribution is -2.54. The molecular weight excluding hydrogens is 674 g/mol. The smallest absolute Gasteiger partial charge is 0.265 e. The standard InChI is InChI=1S/C38H45N3O9S/c1-26(2)39-38(43)33(21-27-12-9-8-10-13-27)40(24-28-14-11-15-29(20-28)46-3)37(42)25-41(32-22-30(47-4)16-18-34(32)48-5)51(44,45)31-17-19-35(49-6)36(23-31)50-7/h8-20,22-23,26,33H,21,24-25H2,1-7H3,(H,39,43). The van der Waals surface area contributed by atoms with E-state index in [1.54, 1.807) is 30.3 Å². The van der Waals surface area contributed by atoms with Gasteiger partial charge < -0.3 is 33.9 Å². The van der Waals surface area contributed by atoms with Crippen LogP contribution in [0.1, 0.15) is 25.0 Å². The lowest BCUT2D eigenvalue weighted by atomic mass is 10.0. The van der Waals surface area contributed by atoms with Crippen molar-refractivity contribution < 1.29 is 41.7 Å². The maximum atomic E-state index is 14.9. The molecule has 12 nitrogen and oxygen atoms in total. The number of carbonyl (C=O) groups excluding carboxylic acids is 2. The zero-order valence-corrected chi connectivity index (χ0v) is 30.7. The molecule has 1 atom stereocenters. The Balaban J connectivity index is 1.91. The van der Waals surface area contributed by atoms with Gasteiger partial charge in [0.2, 0.25) is 11.8 Å². The second-order valence-corrected chi connectivity index (χ2v) is 13.7. The van der Waals surface area contributed by atoms with Crippen LogP contribution in [0.4, 0.5) is 5.69 Å². The molecule has 0 saturated carbocycles. The van der Waals surface area contributed by atoms with Gasteiger partial charge in [-0.15, -0.1) is 0 Å². The number of hydrogen-bond acceptors (Lipinski definition) is 9. The Morgan fingerprint density at radius 1 is 0.686 bits per heavy atom. The number of sulfonamides is 1. The Morgan fingerprint density at radius 3 is 1.94 bits per heavy atom. The molecule has 4 aromatic carbocycles. The van der Waals surface area contributed by atoms with Gasteiger partial charge >= 0.3 is 0 Å². The zero-order valence-electron chi connectivity index (χ0n) is 29.9. The van der Waals surface area contributed by atoms with Crippen LogP contribution in [0.2, 0.25) is 0 Å². The summed E-state index contributed by atoms with van der Waals surface area (Å²) < 4.78 is 57.5. The lowest BCUT2D eigenvalue weighted by Gasteiger charge is -2.34. The maximum Gasteiger partial charge on any atom is 0.265 e. The van der Waals surface area contributed by atoms with E-state index in [-0.39, 0.29) is 41.1 Å². The molecule has 0 aliphatic rings. The molecule has 272 valence electrons. The first-order valence-electron chi connectivity index (χ1n) is 16.2. The highest BCUT2D eigenvalue weighted by molar-refractivity contribution is 7.92. The monoisotopic (exact) mass is 719 g/mol. The number of carbonyl (C=O) groups is 2. The largest absolute Gasteiger partial charge is 0.497 e. The second-order valence-electron chi connectivity index (χ2n) is 11.8. The SMILES string of the molecule is COc1cccc(CN(C(=O)CN(c2cc(OC)ccc2OC)S(=O)(=O)c2ccc(OC)c(OC)c2)C(Cc2ccccc2)C(=O)NC(C)C)c1. The Bertz CT molecular complexity index is 1900. The molecular formula is C38H45N3O9S. The van der Waals surface area contributed by atoms with Crippen LogP contribution >= 0.6 is 0 Å². The molecule has 2 amide bonds. The highest BCUT2D eigenvalue weighted by atomic mass is 32.2. The third-order valence-corrected chi connectivity index (χ3v) is 9.82. The number of anilines is 1. The van der Waals surface area contributed by atoms with Crippen molar-refractivity contribution in [3.05, 3.63) is 102 Å². The molecule has 51 heavy (non-hydrogen) atoms. The molecule has 1 N–H and O–H groups in total. The van der Waals surface area contributed by atoms with Crippen molar-refractivity contribution in [1.29, 1.82) is 0 Å². The van der Waals surface area contributed by atoms with E-state index >= 15 is 0 Å². The van der Waals surface area contributed by atoms with Crippen LogP contribution in [0.25, 0.3) is 0 Å². The zero-order chi connectivity index (χ0) is 37.1. The molecule has 0 aliphatic carbocycles. The normalized spacial score (nSPS) is 11.7. The molecule has 0 saturated heterocycles. The first-order valence-corrected chi connectivity index (χ1v) is 17.6. The van der Waals surface area contributed by atoms with Crippen LogP contribution in [0.3, 0.4) is 0 Å². The molecule has 0 spiro atoms. The first-order chi connectivity index (χ1) is 24.4. The molecule has 13 heteroatoms. The Hall–Kier alpha value is -5.43. The summed E-state index contributed by atoms with van der Waals surface area (Å²) in [6.45, 7) is 2.93. The molecule has 0 aliphatic heterocycles. The number of hydrogen-bond donors (Lipinski definition) is 1. The molecule has 0 fully saturated rings. The van der Waals surface area contributed by atoms with Crippen molar-refractivity contribution in [3.8, 4) is 28.7 Å². The van der Waals surface area contributed by atoms with E-state index in [9.17, 15) is 18.0 Å². The number of rotatable bonds is 17. The predicted molar refractivity (Wildman–Crippen MR) is 194 cm³/mol. The van der Waals surface area contributed by atoms with Crippen molar-refractivity contribution in [1.82, 2.24) is 10.2 Å². The second kappa shape index (κ2) is 17.5. The van der Waals surface area contributed by atoms with E-state index in [0.717, 1.165) is 9.87 Å². The highest BCUT2D eigenvalue weighted by Crippen LogP contribution is 2.38. The van der Waals surface area contributed by atoms with Crippen molar-refractivity contribution in [2.24, 2.45) is 0 Å². The third-order valence-electron chi connectivity index (χ3n) is 8.07. The van der Waals surface area contributed by atoms with E-state index in [0.29, 0.717) is 22.8 Å². The Morgan fingerprint density at radius 2 is 1.31 bits per heavy atom.